The number of rotatable bonds is 4. The van der Waals surface area contributed by atoms with Crippen LogP contribution in [0.4, 0.5) is 14.9 Å². The van der Waals surface area contributed by atoms with E-state index in [0.29, 0.717) is 19.0 Å². The van der Waals surface area contributed by atoms with E-state index in [9.17, 15) is 9.18 Å². The smallest absolute Gasteiger partial charge is 0.322 e. The van der Waals surface area contributed by atoms with Crippen LogP contribution >= 0.6 is 0 Å². The standard InChI is InChI=1S/C15H22FN3O/c1-2-19(14-9-5-6-11(14)10-17)15(20)18-13-8-4-3-7-12(13)16/h3-4,7-8,11,14H,2,5-6,9-10,17H2,1H3,(H,18,20). The number of para-hydroxylation sites is 1. The number of halogens is 1. The summed E-state index contributed by atoms with van der Waals surface area (Å²) in [4.78, 5) is 14.1. The van der Waals surface area contributed by atoms with Crippen molar-refractivity contribution in [1.82, 2.24) is 4.90 Å². The van der Waals surface area contributed by atoms with Crippen LogP contribution in [0.15, 0.2) is 24.3 Å². The van der Waals surface area contributed by atoms with E-state index in [1.54, 1.807) is 23.1 Å². The van der Waals surface area contributed by atoms with Crippen molar-refractivity contribution in [2.45, 2.75) is 32.2 Å². The van der Waals surface area contributed by atoms with Gasteiger partial charge in [-0.1, -0.05) is 18.6 Å². The highest BCUT2D eigenvalue weighted by Gasteiger charge is 2.33. The van der Waals surface area contributed by atoms with Gasteiger partial charge < -0.3 is 16.0 Å². The molecule has 0 bridgehead atoms. The highest BCUT2D eigenvalue weighted by Crippen LogP contribution is 2.29. The molecule has 0 radical (unpaired) electrons. The van der Waals surface area contributed by atoms with Crippen LogP contribution in [0.3, 0.4) is 0 Å². The first kappa shape index (κ1) is 14.8. The minimum Gasteiger partial charge on any atom is -0.330 e. The molecule has 1 aliphatic rings. The Hall–Kier alpha value is -1.62. The van der Waals surface area contributed by atoms with Crippen molar-refractivity contribution in [1.29, 1.82) is 0 Å². The molecular weight excluding hydrogens is 257 g/mol. The maximum Gasteiger partial charge on any atom is 0.322 e. The van der Waals surface area contributed by atoms with E-state index in [1.807, 2.05) is 6.92 Å². The van der Waals surface area contributed by atoms with Gasteiger partial charge >= 0.3 is 6.03 Å². The molecule has 4 nitrogen and oxygen atoms in total. The van der Waals surface area contributed by atoms with E-state index in [-0.39, 0.29) is 17.8 Å². The number of hydrogen-bond acceptors (Lipinski definition) is 2. The van der Waals surface area contributed by atoms with Gasteiger partial charge in [0, 0.05) is 12.6 Å². The Kier molecular flexibility index (Phi) is 4.95. The second-order valence-corrected chi connectivity index (χ2v) is 5.19. The molecule has 0 aliphatic heterocycles. The Morgan fingerprint density at radius 1 is 1.45 bits per heavy atom. The van der Waals surface area contributed by atoms with Crippen LogP contribution in [-0.2, 0) is 0 Å². The fourth-order valence-electron chi connectivity index (χ4n) is 2.98. The molecule has 2 unspecified atom stereocenters. The lowest BCUT2D eigenvalue weighted by molar-refractivity contribution is 0.175. The summed E-state index contributed by atoms with van der Waals surface area (Å²) in [5.41, 5.74) is 6.00. The summed E-state index contributed by atoms with van der Waals surface area (Å²) in [6, 6.07) is 6.12. The maximum absolute atomic E-state index is 13.6. The van der Waals surface area contributed by atoms with Crippen LogP contribution in [-0.4, -0.2) is 30.1 Å². The zero-order valence-electron chi connectivity index (χ0n) is 11.8. The SMILES string of the molecule is CCN(C(=O)Nc1ccccc1F)C1CCCC1CN. The summed E-state index contributed by atoms with van der Waals surface area (Å²) in [5, 5.41) is 2.65. The fourth-order valence-corrected chi connectivity index (χ4v) is 2.98. The summed E-state index contributed by atoms with van der Waals surface area (Å²) in [6.07, 6.45) is 3.13. The summed E-state index contributed by atoms with van der Waals surface area (Å²) < 4.78 is 13.6. The van der Waals surface area contributed by atoms with Crippen LogP contribution in [0.25, 0.3) is 0 Å². The molecule has 5 heteroatoms. The van der Waals surface area contributed by atoms with Gasteiger partial charge in [0.1, 0.15) is 5.82 Å². The zero-order chi connectivity index (χ0) is 14.5. The fraction of sp³-hybridized carbons (Fsp3) is 0.533. The Bertz CT molecular complexity index is 466. The average molecular weight is 279 g/mol. The Balaban J connectivity index is 2.08. The molecule has 1 fully saturated rings. The Morgan fingerprint density at radius 3 is 2.85 bits per heavy atom. The molecular formula is C15H22FN3O. The van der Waals surface area contributed by atoms with E-state index < -0.39 is 5.82 Å². The average Bonchev–Trinajstić information content (AvgIpc) is 2.90. The van der Waals surface area contributed by atoms with E-state index >= 15 is 0 Å². The number of amides is 2. The quantitative estimate of drug-likeness (QED) is 0.890. The van der Waals surface area contributed by atoms with Crippen LogP contribution in [0.5, 0.6) is 0 Å². The predicted molar refractivity (Wildman–Crippen MR) is 78.0 cm³/mol. The molecule has 0 heterocycles. The number of nitrogens with zero attached hydrogens (tertiary/aromatic N) is 1. The van der Waals surface area contributed by atoms with Crippen molar-refractivity contribution in [2.75, 3.05) is 18.4 Å². The first-order valence-electron chi connectivity index (χ1n) is 7.19. The number of benzene rings is 1. The lowest BCUT2D eigenvalue weighted by atomic mass is 10.0. The lowest BCUT2D eigenvalue weighted by Gasteiger charge is -2.32. The van der Waals surface area contributed by atoms with E-state index in [2.05, 4.69) is 5.32 Å². The molecule has 0 aromatic heterocycles. The molecule has 1 aromatic rings. The zero-order valence-corrected chi connectivity index (χ0v) is 11.8. The third-order valence-electron chi connectivity index (χ3n) is 4.04. The largest absolute Gasteiger partial charge is 0.330 e. The van der Waals surface area contributed by atoms with E-state index in [1.165, 1.54) is 6.07 Å². The van der Waals surface area contributed by atoms with Crippen LogP contribution in [0.2, 0.25) is 0 Å². The van der Waals surface area contributed by atoms with Crippen molar-refractivity contribution in [3.8, 4) is 0 Å². The molecule has 1 saturated carbocycles. The maximum atomic E-state index is 13.6. The Labute approximate surface area is 119 Å². The van der Waals surface area contributed by atoms with Gasteiger partial charge in [-0.2, -0.15) is 0 Å². The van der Waals surface area contributed by atoms with Gasteiger partial charge in [-0.05, 0) is 44.4 Å². The van der Waals surface area contributed by atoms with Crippen molar-refractivity contribution in [3.05, 3.63) is 30.1 Å². The monoisotopic (exact) mass is 279 g/mol. The molecule has 2 rings (SSSR count). The molecule has 0 saturated heterocycles. The number of carbonyl (C=O) groups is 1. The van der Waals surface area contributed by atoms with E-state index in [0.717, 1.165) is 19.3 Å². The highest BCUT2D eigenvalue weighted by atomic mass is 19.1. The summed E-state index contributed by atoms with van der Waals surface area (Å²) in [5.74, 6) is -0.0694. The number of nitrogens with one attached hydrogen (secondary N) is 1. The molecule has 0 spiro atoms. The van der Waals surface area contributed by atoms with Gasteiger partial charge in [-0.15, -0.1) is 0 Å². The lowest BCUT2D eigenvalue weighted by Crippen LogP contribution is -2.46. The summed E-state index contributed by atoms with van der Waals surface area (Å²) >= 11 is 0. The molecule has 110 valence electrons. The molecule has 1 aliphatic carbocycles. The molecule has 2 amide bonds. The van der Waals surface area contributed by atoms with Crippen LogP contribution < -0.4 is 11.1 Å². The summed E-state index contributed by atoms with van der Waals surface area (Å²) in [7, 11) is 0. The second-order valence-electron chi connectivity index (χ2n) is 5.19. The molecule has 20 heavy (non-hydrogen) atoms. The number of nitrogens with two attached hydrogens (primary N) is 1. The second kappa shape index (κ2) is 6.70. The van der Waals surface area contributed by atoms with Crippen molar-refractivity contribution >= 4 is 11.7 Å². The van der Waals surface area contributed by atoms with Crippen molar-refractivity contribution in [3.63, 3.8) is 0 Å². The van der Waals surface area contributed by atoms with Crippen molar-refractivity contribution < 1.29 is 9.18 Å². The van der Waals surface area contributed by atoms with Gasteiger partial charge in [-0.3, -0.25) is 0 Å². The normalized spacial score (nSPS) is 21.8. The molecule has 1 aromatic carbocycles. The topological polar surface area (TPSA) is 58.4 Å². The van der Waals surface area contributed by atoms with Gasteiger partial charge in [0.15, 0.2) is 0 Å². The van der Waals surface area contributed by atoms with Crippen LogP contribution in [0, 0.1) is 11.7 Å². The molecule has 3 N–H and O–H groups in total. The number of carbonyl (C=O) groups excluding carboxylic acids is 1. The van der Waals surface area contributed by atoms with Gasteiger partial charge in [0.25, 0.3) is 0 Å². The minimum atomic E-state index is -0.418. The predicted octanol–water partition coefficient (Wildman–Crippen LogP) is 2.81. The number of hydrogen-bond donors (Lipinski definition) is 2. The van der Waals surface area contributed by atoms with Gasteiger partial charge in [0.05, 0.1) is 5.69 Å². The van der Waals surface area contributed by atoms with E-state index in [4.69, 9.17) is 5.73 Å². The Morgan fingerprint density at radius 2 is 2.20 bits per heavy atom. The molecule has 2 atom stereocenters. The first-order chi connectivity index (χ1) is 9.67. The summed E-state index contributed by atoms with van der Waals surface area (Å²) in [6.45, 7) is 3.13. The first-order valence-corrected chi connectivity index (χ1v) is 7.19. The highest BCUT2D eigenvalue weighted by molar-refractivity contribution is 5.89. The minimum absolute atomic E-state index is 0.164. The van der Waals surface area contributed by atoms with Crippen LogP contribution in [0.1, 0.15) is 26.2 Å². The van der Waals surface area contributed by atoms with Gasteiger partial charge in [-0.25, -0.2) is 9.18 Å². The third kappa shape index (κ3) is 3.10. The van der Waals surface area contributed by atoms with Crippen molar-refractivity contribution in [2.24, 2.45) is 11.7 Å². The number of anilines is 1. The number of urea groups is 1. The third-order valence-corrected chi connectivity index (χ3v) is 4.04. The van der Waals surface area contributed by atoms with Gasteiger partial charge in [0.2, 0.25) is 0 Å².